The molecular formula is C15H13N3O3S. The second-order valence-corrected chi connectivity index (χ2v) is 5.37. The van der Waals surface area contributed by atoms with Gasteiger partial charge in [-0.25, -0.2) is 0 Å². The third kappa shape index (κ3) is 3.76. The Balaban J connectivity index is 1.48. The van der Waals surface area contributed by atoms with Crippen LogP contribution in [0.5, 0.6) is 0 Å². The molecule has 0 radical (unpaired) electrons. The molecule has 7 heteroatoms. The van der Waals surface area contributed by atoms with E-state index in [0.29, 0.717) is 23.0 Å². The highest BCUT2D eigenvalue weighted by atomic mass is 32.2. The van der Waals surface area contributed by atoms with Gasteiger partial charge in [-0.3, -0.25) is 4.79 Å². The number of hydrogen-bond acceptors (Lipinski definition) is 6. The van der Waals surface area contributed by atoms with Crippen LogP contribution in [0.2, 0.25) is 0 Å². The van der Waals surface area contributed by atoms with E-state index in [9.17, 15) is 4.79 Å². The van der Waals surface area contributed by atoms with E-state index in [1.54, 1.807) is 24.7 Å². The van der Waals surface area contributed by atoms with Crippen LogP contribution < -0.4 is 5.32 Å². The Kier molecular flexibility index (Phi) is 4.55. The van der Waals surface area contributed by atoms with Crippen molar-refractivity contribution in [1.82, 2.24) is 15.5 Å². The minimum atomic E-state index is -0.0849. The molecule has 3 heterocycles. The van der Waals surface area contributed by atoms with Crippen LogP contribution in [0.25, 0.3) is 11.5 Å². The van der Waals surface area contributed by atoms with E-state index in [2.05, 4.69) is 15.5 Å². The smallest absolute Gasteiger partial charge is 0.230 e. The number of amides is 1. The fourth-order valence-electron chi connectivity index (χ4n) is 1.74. The highest BCUT2D eigenvalue weighted by molar-refractivity contribution is 7.99. The molecule has 0 spiro atoms. The van der Waals surface area contributed by atoms with E-state index in [4.69, 9.17) is 8.83 Å². The molecule has 0 aliphatic heterocycles. The van der Waals surface area contributed by atoms with Crippen LogP contribution in [0.4, 0.5) is 0 Å². The molecule has 1 N–H and O–H groups in total. The standard InChI is InChI=1S/C15H13N3O3S/c19-14(16-9-11-3-1-7-20-11)10-22-15-6-5-12(17-18-15)13-4-2-8-21-13/h1-8H,9-10H2,(H,16,19). The number of carbonyl (C=O) groups is 1. The molecule has 3 aromatic rings. The van der Waals surface area contributed by atoms with Crippen molar-refractivity contribution in [1.29, 1.82) is 0 Å². The Morgan fingerprint density at radius 3 is 2.64 bits per heavy atom. The summed E-state index contributed by atoms with van der Waals surface area (Å²) >= 11 is 1.32. The van der Waals surface area contributed by atoms with Crippen molar-refractivity contribution in [2.45, 2.75) is 11.6 Å². The molecule has 112 valence electrons. The molecule has 1 amide bonds. The Morgan fingerprint density at radius 1 is 1.09 bits per heavy atom. The molecule has 0 fully saturated rings. The minimum Gasteiger partial charge on any atom is -0.467 e. The highest BCUT2D eigenvalue weighted by Gasteiger charge is 2.07. The molecule has 0 saturated carbocycles. The summed E-state index contributed by atoms with van der Waals surface area (Å²) in [6.07, 6.45) is 3.16. The van der Waals surface area contributed by atoms with Gasteiger partial charge in [-0.2, -0.15) is 0 Å². The zero-order valence-electron chi connectivity index (χ0n) is 11.6. The highest BCUT2D eigenvalue weighted by Crippen LogP contribution is 2.19. The maximum Gasteiger partial charge on any atom is 0.230 e. The summed E-state index contributed by atoms with van der Waals surface area (Å²) in [7, 11) is 0. The fourth-order valence-corrected chi connectivity index (χ4v) is 2.39. The van der Waals surface area contributed by atoms with E-state index < -0.39 is 0 Å². The molecule has 0 atom stereocenters. The van der Waals surface area contributed by atoms with Gasteiger partial charge in [-0.15, -0.1) is 10.2 Å². The zero-order chi connectivity index (χ0) is 15.2. The van der Waals surface area contributed by atoms with Crippen LogP contribution in [0.3, 0.4) is 0 Å². The summed E-state index contributed by atoms with van der Waals surface area (Å²) in [6.45, 7) is 0.384. The maximum absolute atomic E-state index is 11.7. The fraction of sp³-hybridized carbons (Fsp3) is 0.133. The minimum absolute atomic E-state index is 0.0849. The first-order valence-electron chi connectivity index (χ1n) is 6.61. The monoisotopic (exact) mass is 315 g/mol. The van der Waals surface area contributed by atoms with Gasteiger partial charge in [0, 0.05) is 0 Å². The van der Waals surface area contributed by atoms with Gasteiger partial charge in [0.25, 0.3) is 0 Å². The van der Waals surface area contributed by atoms with E-state index >= 15 is 0 Å². The van der Waals surface area contributed by atoms with E-state index in [-0.39, 0.29) is 11.7 Å². The third-order valence-corrected chi connectivity index (χ3v) is 3.72. The summed E-state index contributed by atoms with van der Waals surface area (Å²) in [5, 5.41) is 11.6. The van der Waals surface area contributed by atoms with Crippen molar-refractivity contribution in [3.8, 4) is 11.5 Å². The molecule has 0 aliphatic rings. The number of aromatic nitrogens is 2. The summed E-state index contributed by atoms with van der Waals surface area (Å²) in [4.78, 5) is 11.7. The number of nitrogens with one attached hydrogen (secondary N) is 1. The number of rotatable bonds is 6. The molecule has 0 saturated heterocycles. The van der Waals surface area contributed by atoms with Gasteiger partial charge in [0.15, 0.2) is 5.76 Å². The van der Waals surface area contributed by atoms with Crippen molar-refractivity contribution in [3.05, 3.63) is 54.7 Å². The van der Waals surface area contributed by atoms with Gasteiger partial charge in [0.05, 0.1) is 24.8 Å². The molecule has 0 bridgehead atoms. The summed E-state index contributed by atoms with van der Waals surface area (Å²) < 4.78 is 10.4. The predicted octanol–water partition coefficient (Wildman–Crippen LogP) is 2.74. The lowest BCUT2D eigenvalue weighted by atomic mass is 10.3. The molecule has 22 heavy (non-hydrogen) atoms. The van der Waals surface area contributed by atoms with Gasteiger partial charge in [0.2, 0.25) is 5.91 Å². The lowest BCUT2D eigenvalue weighted by Crippen LogP contribution is -2.24. The quantitative estimate of drug-likeness (QED) is 0.704. The van der Waals surface area contributed by atoms with Crippen LogP contribution in [0, 0.1) is 0 Å². The predicted molar refractivity (Wildman–Crippen MR) is 81.0 cm³/mol. The van der Waals surface area contributed by atoms with Gasteiger partial charge >= 0.3 is 0 Å². The maximum atomic E-state index is 11.7. The van der Waals surface area contributed by atoms with Gasteiger partial charge in [-0.1, -0.05) is 11.8 Å². The number of nitrogens with zero attached hydrogens (tertiary/aromatic N) is 2. The van der Waals surface area contributed by atoms with Gasteiger partial charge in [0.1, 0.15) is 16.5 Å². The topological polar surface area (TPSA) is 81.2 Å². The number of thioether (sulfide) groups is 1. The van der Waals surface area contributed by atoms with Crippen LogP contribution in [-0.2, 0) is 11.3 Å². The molecule has 0 aromatic carbocycles. The lowest BCUT2D eigenvalue weighted by molar-refractivity contribution is -0.118. The SMILES string of the molecule is O=C(CSc1ccc(-c2ccco2)nn1)NCc1ccco1. The average molecular weight is 315 g/mol. The largest absolute Gasteiger partial charge is 0.467 e. The van der Waals surface area contributed by atoms with Crippen molar-refractivity contribution in [2.24, 2.45) is 0 Å². The Morgan fingerprint density at radius 2 is 1.95 bits per heavy atom. The van der Waals surface area contributed by atoms with Crippen LogP contribution in [0.1, 0.15) is 5.76 Å². The molecule has 0 aliphatic carbocycles. The van der Waals surface area contributed by atoms with Crippen molar-refractivity contribution >= 4 is 17.7 Å². The first kappa shape index (κ1) is 14.4. The first-order chi connectivity index (χ1) is 10.8. The first-order valence-corrected chi connectivity index (χ1v) is 7.59. The second kappa shape index (κ2) is 6.95. The Hall–Kier alpha value is -2.54. The van der Waals surface area contributed by atoms with Crippen molar-refractivity contribution < 1.29 is 13.6 Å². The number of carbonyl (C=O) groups excluding carboxylic acids is 1. The molecule has 3 aromatic heterocycles. The van der Waals surface area contributed by atoms with Crippen LogP contribution in [0.15, 0.2) is 62.8 Å². The van der Waals surface area contributed by atoms with Crippen molar-refractivity contribution in [2.75, 3.05) is 5.75 Å². The zero-order valence-corrected chi connectivity index (χ0v) is 12.4. The number of hydrogen-bond donors (Lipinski definition) is 1. The molecular weight excluding hydrogens is 302 g/mol. The number of furan rings is 2. The average Bonchev–Trinajstić information content (AvgIpc) is 3.24. The van der Waals surface area contributed by atoms with Crippen LogP contribution in [-0.4, -0.2) is 21.9 Å². The Labute approximate surface area is 130 Å². The summed E-state index contributed by atoms with van der Waals surface area (Å²) in [5.74, 6) is 1.58. The van der Waals surface area contributed by atoms with E-state index in [1.807, 2.05) is 24.3 Å². The lowest BCUT2D eigenvalue weighted by Gasteiger charge is -2.03. The third-order valence-electron chi connectivity index (χ3n) is 2.80. The summed E-state index contributed by atoms with van der Waals surface area (Å²) in [6, 6.07) is 10.8. The molecule has 6 nitrogen and oxygen atoms in total. The van der Waals surface area contributed by atoms with E-state index in [0.717, 1.165) is 5.76 Å². The second-order valence-electron chi connectivity index (χ2n) is 4.38. The van der Waals surface area contributed by atoms with Crippen LogP contribution >= 0.6 is 11.8 Å². The van der Waals surface area contributed by atoms with E-state index in [1.165, 1.54) is 11.8 Å². The van der Waals surface area contributed by atoms with Crippen molar-refractivity contribution in [3.63, 3.8) is 0 Å². The molecule has 0 unspecified atom stereocenters. The summed E-state index contributed by atoms with van der Waals surface area (Å²) in [5.41, 5.74) is 0.664. The Bertz CT molecular complexity index is 709. The van der Waals surface area contributed by atoms with Gasteiger partial charge < -0.3 is 14.2 Å². The van der Waals surface area contributed by atoms with Gasteiger partial charge in [-0.05, 0) is 36.4 Å². The molecule has 3 rings (SSSR count). The normalized spacial score (nSPS) is 10.5.